The van der Waals surface area contributed by atoms with Crippen LogP contribution in [0.1, 0.15) is 19.3 Å². The van der Waals surface area contributed by atoms with Crippen LogP contribution in [0.5, 0.6) is 0 Å². The second-order valence-electron chi connectivity index (χ2n) is 1.38. The molecule has 0 aromatic heterocycles. The molecule has 0 spiro atoms. The predicted octanol–water partition coefficient (Wildman–Crippen LogP) is 1.83. The molecule has 0 aromatic carbocycles. The van der Waals surface area contributed by atoms with Crippen LogP contribution in [0.3, 0.4) is 0 Å². The minimum Gasteiger partial charge on any atom is -0.332 e. The number of hydrogen-bond acceptors (Lipinski definition) is 0. The smallest absolute Gasteiger partial charge is 0.145 e. The quantitative estimate of drug-likeness (QED) is 0.336. The lowest BCUT2D eigenvalue weighted by Gasteiger charge is -1.73. The van der Waals surface area contributed by atoms with E-state index in [1.165, 1.54) is 0 Å². The average Bonchev–Trinajstić information content (AvgIpc) is 1.89. The van der Waals surface area contributed by atoms with E-state index in [9.17, 15) is 0 Å². The lowest BCUT2D eigenvalue weighted by atomic mass is 10.3. The highest BCUT2D eigenvalue weighted by Crippen LogP contribution is 1.74. The van der Waals surface area contributed by atoms with Crippen molar-refractivity contribution < 1.29 is 0 Å². The standard InChI is InChI=1S/C9H10/c1-3-5-7-9-8-6-4-2/h1-4,9H2. The van der Waals surface area contributed by atoms with E-state index in [1.54, 1.807) is 0 Å². The molecule has 0 aliphatic heterocycles. The monoisotopic (exact) mass is 118 g/mol. The van der Waals surface area contributed by atoms with Crippen molar-refractivity contribution in [2.75, 3.05) is 0 Å². The molecular weight excluding hydrogens is 108 g/mol. The van der Waals surface area contributed by atoms with E-state index in [2.05, 4.69) is 37.5 Å². The summed E-state index contributed by atoms with van der Waals surface area (Å²) in [4.78, 5) is 0. The fourth-order valence-corrected chi connectivity index (χ4v) is 0.346. The molecule has 0 aliphatic rings. The van der Waals surface area contributed by atoms with Gasteiger partial charge in [0.2, 0.25) is 0 Å². The van der Waals surface area contributed by atoms with Crippen molar-refractivity contribution in [3.63, 3.8) is 0 Å². The van der Waals surface area contributed by atoms with Crippen LogP contribution in [0.15, 0.2) is 0 Å². The van der Waals surface area contributed by atoms with Crippen LogP contribution in [0.4, 0.5) is 0 Å². The first-order valence-electron chi connectivity index (χ1n) is 2.91. The Kier molecular flexibility index (Phi) is 6.21. The summed E-state index contributed by atoms with van der Waals surface area (Å²) in [7, 11) is 0. The van der Waals surface area contributed by atoms with Crippen molar-refractivity contribution in [1.82, 2.24) is 0 Å². The molecule has 0 bridgehead atoms. The molecule has 0 fully saturated rings. The molecule has 0 saturated heterocycles. The minimum absolute atomic E-state index is 0.658. The Hall–Kier alpha value is -1.01. The van der Waals surface area contributed by atoms with Crippen LogP contribution < -0.4 is 0 Å². The maximum Gasteiger partial charge on any atom is 0.145 e. The van der Waals surface area contributed by atoms with Crippen LogP contribution in [-0.4, -0.2) is 0 Å². The molecule has 0 heterocycles. The van der Waals surface area contributed by atoms with Gasteiger partial charge in [0, 0.05) is 0 Å². The van der Waals surface area contributed by atoms with Crippen molar-refractivity contribution in [2.45, 2.75) is 19.3 Å². The van der Waals surface area contributed by atoms with Gasteiger partial charge in [-0.2, -0.15) is 0 Å². The lowest BCUT2D eigenvalue weighted by Crippen LogP contribution is -1.60. The predicted molar refractivity (Wildman–Crippen MR) is 40.1 cm³/mol. The van der Waals surface area contributed by atoms with Gasteiger partial charge in [-0.25, -0.2) is 0 Å². The molecule has 0 heteroatoms. The van der Waals surface area contributed by atoms with Crippen molar-refractivity contribution in [1.29, 1.82) is 0 Å². The van der Waals surface area contributed by atoms with Crippen molar-refractivity contribution >= 4 is 0 Å². The highest BCUT2D eigenvalue weighted by Gasteiger charge is 1.66. The van der Waals surface area contributed by atoms with Crippen molar-refractivity contribution in [2.24, 2.45) is 0 Å². The normalized spacial score (nSPS) is 6.33. The Bertz CT molecular complexity index is 136. The van der Waals surface area contributed by atoms with Crippen molar-refractivity contribution in [3.05, 3.63) is 13.8 Å². The van der Waals surface area contributed by atoms with Crippen LogP contribution in [-0.2, 0) is 0 Å². The van der Waals surface area contributed by atoms with Crippen LogP contribution >= 0.6 is 0 Å². The van der Waals surface area contributed by atoms with Gasteiger partial charge in [0.05, 0.1) is 13.3 Å². The van der Waals surface area contributed by atoms with Crippen LogP contribution in [0, 0.1) is 37.5 Å². The van der Waals surface area contributed by atoms with Crippen LogP contribution in [0.25, 0.3) is 0 Å². The average molecular weight is 118 g/mol. The largest absolute Gasteiger partial charge is 0.332 e. The van der Waals surface area contributed by atoms with Gasteiger partial charge >= 0.3 is 0 Å². The summed E-state index contributed by atoms with van der Waals surface area (Å²) < 4.78 is 0. The fraction of sp³-hybridized carbons (Fsp3) is 0.333. The molecule has 9 heavy (non-hydrogen) atoms. The minimum atomic E-state index is 0.658. The van der Waals surface area contributed by atoms with E-state index in [4.69, 9.17) is 0 Å². The maximum absolute atomic E-state index is 3.57. The molecule has 0 rings (SSSR count). The summed E-state index contributed by atoms with van der Waals surface area (Å²) in [5.41, 5.74) is 0. The first-order chi connectivity index (χ1) is 4.41. The Morgan fingerprint density at radius 2 is 1.78 bits per heavy atom. The molecule has 0 amide bonds. The summed E-state index contributed by atoms with van der Waals surface area (Å²) in [5.74, 6) is 11.4. The molecule has 0 aliphatic carbocycles. The molecule has 0 unspecified atom stereocenters. The molecule has 46 valence electrons. The Labute approximate surface area is 57.7 Å². The zero-order chi connectivity index (χ0) is 6.95. The van der Waals surface area contributed by atoms with E-state index in [-0.39, 0.29) is 0 Å². The van der Waals surface area contributed by atoms with E-state index in [0.717, 1.165) is 0 Å². The highest BCUT2D eigenvalue weighted by molar-refractivity contribution is 5.11. The van der Waals surface area contributed by atoms with E-state index in [1.807, 2.05) is 0 Å². The summed E-state index contributed by atoms with van der Waals surface area (Å²) in [6.07, 6.45) is 2.00. The van der Waals surface area contributed by atoms with Gasteiger partial charge < -0.3 is 6.92 Å². The molecule has 0 atom stereocenters. The zero-order valence-corrected chi connectivity index (χ0v) is 5.54. The zero-order valence-electron chi connectivity index (χ0n) is 5.54. The second kappa shape index (κ2) is 6.99. The van der Waals surface area contributed by atoms with E-state index in [0.29, 0.717) is 19.3 Å². The summed E-state index contributed by atoms with van der Waals surface area (Å²) in [6.45, 7) is 7.14. The fourth-order valence-electron chi connectivity index (χ4n) is 0.346. The molecule has 0 radical (unpaired) electrons. The first-order valence-corrected chi connectivity index (χ1v) is 2.91. The summed E-state index contributed by atoms with van der Waals surface area (Å²) in [6, 6.07) is 0. The van der Waals surface area contributed by atoms with Gasteiger partial charge in [0.25, 0.3) is 0 Å². The molecule has 0 aromatic rings. The van der Waals surface area contributed by atoms with Crippen LogP contribution in [0.2, 0.25) is 0 Å². The Morgan fingerprint density at radius 1 is 1.11 bits per heavy atom. The van der Waals surface area contributed by atoms with Gasteiger partial charge in [-0.05, 0) is 0 Å². The molecule has 0 N–H and O–H groups in total. The molecule has 0 saturated carbocycles. The van der Waals surface area contributed by atoms with E-state index < -0.39 is 0 Å². The molecular formula is C9H10. The van der Waals surface area contributed by atoms with Gasteiger partial charge in [-0.1, -0.05) is 17.8 Å². The third-order valence-electron chi connectivity index (χ3n) is 0.677. The topological polar surface area (TPSA) is 0 Å². The first kappa shape index (κ1) is 7.99. The van der Waals surface area contributed by atoms with Gasteiger partial charge in [0.15, 0.2) is 0 Å². The van der Waals surface area contributed by atoms with Gasteiger partial charge in [0.1, 0.15) is 6.42 Å². The summed E-state index contributed by atoms with van der Waals surface area (Å²) >= 11 is 0. The highest BCUT2D eigenvalue weighted by atomic mass is 13.7. The second-order valence-corrected chi connectivity index (χ2v) is 1.38. The summed E-state index contributed by atoms with van der Waals surface area (Å²) in [5, 5.41) is 0. The van der Waals surface area contributed by atoms with E-state index >= 15 is 0 Å². The van der Waals surface area contributed by atoms with Gasteiger partial charge in [-0.15, -0.1) is 12.3 Å². The Balaban J connectivity index is 3.28. The third kappa shape index (κ3) is 6.99. The van der Waals surface area contributed by atoms with Gasteiger partial charge in [-0.3, -0.25) is 0 Å². The third-order valence-corrected chi connectivity index (χ3v) is 0.677. The lowest BCUT2D eigenvalue weighted by molar-refractivity contribution is 1.43. The SMILES string of the molecule is [CH2+]CC#CCC#CC[CH2-]. The van der Waals surface area contributed by atoms with Crippen molar-refractivity contribution in [3.8, 4) is 23.7 Å². The maximum atomic E-state index is 3.57. The Morgan fingerprint density at radius 3 is 2.33 bits per heavy atom. The number of rotatable bonds is 0. The number of hydrogen-bond donors (Lipinski definition) is 0. The molecule has 0 nitrogen and oxygen atoms in total.